The molecule has 0 saturated heterocycles. The van der Waals surface area contributed by atoms with Gasteiger partial charge in [0.15, 0.2) is 0 Å². The van der Waals surface area contributed by atoms with Gasteiger partial charge in [0.25, 0.3) is 0 Å². The summed E-state index contributed by atoms with van der Waals surface area (Å²) < 4.78 is 41.2. The zero-order valence-corrected chi connectivity index (χ0v) is 15.9. The molecule has 0 aliphatic heterocycles. The van der Waals surface area contributed by atoms with Crippen molar-refractivity contribution in [2.45, 2.75) is 18.8 Å². The number of benzene rings is 3. The lowest BCUT2D eigenvalue weighted by Gasteiger charge is -2.19. The van der Waals surface area contributed by atoms with Crippen LogP contribution in [0.5, 0.6) is 0 Å². The van der Waals surface area contributed by atoms with Crippen molar-refractivity contribution in [3.05, 3.63) is 78.1 Å². The number of rotatable bonds is 5. The van der Waals surface area contributed by atoms with E-state index in [1.165, 1.54) is 12.1 Å². The van der Waals surface area contributed by atoms with Gasteiger partial charge >= 0.3 is 6.18 Å². The molecule has 0 bridgehead atoms. The van der Waals surface area contributed by atoms with Gasteiger partial charge in [-0.1, -0.05) is 48.5 Å². The number of nitrogens with zero attached hydrogens (tertiary/aromatic N) is 2. The minimum absolute atomic E-state index is 0.112. The fourth-order valence-electron chi connectivity index (χ4n) is 3.54. The lowest BCUT2D eigenvalue weighted by atomic mass is 10.0. The summed E-state index contributed by atoms with van der Waals surface area (Å²) in [7, 11) is 0. The van der Waals surface area contributed by atoms with Gasteiger partial charge in [-0.25, -0.2) is 4.98 Å². The number of fused-ring (bicyclic) bond motifs is 2. The molecular formula is C22H19F3N4O. The van der Waals surface area contributed by atoms with Crippen molar-refractivity contribution in [1.82, 2.24) is 14.9 Å². The molecule has 5 nitrogen and oxygen atoms in total. The number of hydrogen-bond acceptors (Lipinski definition) is 3. The summed E-state index contributed by atoms with van der Waals surface area (Å²) in [5, 5.41) is 4.78. The molecule has 30 heavy (non-hydrogen) atoms. The van der Waals surface area contributed by atoms with Crippen molar-refractivity contribution >= 4 is 27.7 Å². The Balaban J connectivity index is 1.60. The summed E-state index contributed by atoms with van der Waals surface area (Å²) >= 11 is 0. The fraction of sp³-hybridized carbons (Fsp3) is 0.182. The number of imidazole rings is 1. The van der Waals surface area contributed by atoms with E-state index in [1.807, 2.05) is 42.5 Å². The standard InChI is InChI=1S/C22H19F3N4O/c23-22(24,25)21-28-17-7-3-4-8-19(17)29(21)13-20(30)27-18(12-26)16-10-9-14-5-1-2-6-15(14)11-16/h1-11,18H,12-13,26H2,(H,27,30). The first kappa shape index (κ1) is 19.9. The number of carbonyl (C=O) groups is 1. The number of nitrogens with two attached hydrogens (primary N) is 1. The SMILES string of the molecule is NCC(NC(=O)Cn1c(C(F)(F)F)nc2ccccc21)c1ccc2ccccc2c1. The Hall–Kier alpha value is -3.39. The van der Waals surface area contributed by atoms with Gasteiger partial charge in [0.1, 0.15) is 6.54 Å². The van der Waals surface area contributed by atoms with Gasteiger partial charge in [0.2, 0.25) is 11.7 Å². The first-order chi connectivity index (χ1) is 14.4. The molecule has 1 unspecified atom stereocenters. The molecule has 0 aliphatic carbocycles. The van der Waals surface area contributed by atoms with Crippen molar-refractivity contribution in [1.29, 1.82) is 0 Å². The van der Waals surface area contributed by atoms with Crippen molar-refractivity contribution in [3.8, 4) is 0 Å². The number of halogens is 3. The van der Waals surface area contributed by atoms with Gasteiger partial charge in [-0.2, -0.15) is 13.2 Å². The topological polar surface area (TPSA) is 72.9 Å². The first-order valence-electron chi connectivity index (χ1n) is 9.37. The molecule has 4 aromatic rings. The molecule has 0 fully saturated rings. The Labute approximate surface area is 170 Å². The zero-order chi connectivity index (χ0) is 21.3. The molecule has 0 radical (unpaired) electrons. The summed E-state index contributed by atoms with van der Waals surface area (Å²) in [5.74, 6) is -1.68. The van der Waals surface area contributed by atoms with E-state index in [9.17, 15) is 18.0 Å². The Morgan fingerprint density at radius 2 is 1.73 bits per heavy atom. The average molecular weight is 412 g/mol. The molecule has 3 N–H and O–H groups in total. The molecule has 154 valence electrons. The largest absolute Gasteiger partial charge is 0.449 e. The normalized spacial score (nSPS) is 12.9. The molecule has 0 aliphatic rings. The number of carbonyl (C=O) groups excluding carboxylic acids is 1. The lowest BCUT2D eigenvalue weighted by Crippen LogP contribution is -2.36. The predicted octanol–water partition coefficient (Wildman–Crippen LogP) is 4.02. The predicted molar refractivity (Wildman–Crippen MR) is 109 cm³/mol. The molecule has 0 spiro atoms. The summed E-state index contributed by atoms with van der Waals surface area (Å²) in [6, 6.07) is 19.1. The van der Waals surface area contributed by atoms with Crippen LogP contribution in [0, 0.1) is 0 Å². The van der Waals surface area contributed by atoms with Crippen LogP contribution in [0.15, 0.2) is 66.7 Å². The van der Waals surface area contributed by atoms with Crippen LogP contribution in [0.2, 0.25) is 0 Å². The molecule has 4 rings (SSSR count). The van der Waals surface area contributed by atoms with Crippen molar-refractivity contribution in [2.24, 2.45) is 5.73 Å². The third-order valence-corrected chi connectivity index (χ3v) is 4.96. The van der Waals surface area contributed by atoms with Crippen molar-refractivity contribution in [3.63, 3.8) is 0 Å². The Bertz CT molecular complexity index is 1220. The van der Waals surface area contributed by atoms with Crippen LogP contribution < -0.4 is 11.1 Å². The molecule has 0 saturated carbocycles. The number of hydrogen-bond donors (Lipinski definition) is 2. The minimum atomic E-state index is -4.68. The number of aromatic nitrogens is 2. The van der Waals surface area contributed by atoms with Gasteiger partial charge in [0.05, 0.1) is 17.1 Å². The molecule has 8 heteroatoms. The van der Waals surface area contributed by atoms with E-state index in [1.54, 1.807) is 12.1 Å². The quantitative estimate of drug-likeness (QED) is 0.520. The highest BCUT2D eigenvalue weighted by atomic mass is 19.4. The van der Waals surface area contributed by atoms with Crippen molar-refractivity contribution < 1.29 is 18.0 Å². The maximum Gasteiger partial charge on any atom is 0.449 e. The van der Waals surface area contributed by atoms with Crippen LogP contribution in [0.4, 0.5) is 13.2 Å². The van der Waals surface area contributed by atoms with E-state index in [0.29, 0.717) is 0 Å². The van der Waals surface area contributed by atoms with Crippen LogP contribution in [0.3, 0.4) is 0 Å². The second-order valence-electron chi connectivity index (χ2n) is 6.97. The smallest absolute Gasteiger partial charge is 0.346 e. The van der Waals surface area contributed by atoms with Crippen LogP contribution in [0.25, 0.3) is 21.8 Å². The van der Waals surface area contributed by atoms with Crippen LogP contribution >= 0.6 is 0 Å². The van der Waals surface area contributed by atoms with Crippen LogP contribution in [-0.4, -0.2) is 22.0 Å². The van der Waals surface area contributed by atoms with Crippen LogP contribution in [0.1, 0.15) is 17.4 Å². The summed E-state index contributed by atoms with van der Waals surface area (Å²) in [5.41, 5.74) is 7.06. The molecule has 1 aromatic heterocycles. The summed E-state index contributed by atoms with van der Waals surface area (Å²) in [4.78, 5) is 16.3. The van der Waals surface area contributed by atoms with E-state index < -0.39 is 30.5 Å². The fourth-order valence-corrected chi connectivity index (χ4v) is 3.54. The van der Waals surface area contributed by atoms with Crippen molar-refractivity contribution in [2.75, 3.05) is 6.54 Å². The van der Waals surface area contributed by atoms with E-state index in [0.717, 1.165) is 20.9 Å². The molecule has 1 amide bonds. The lowest BCUT2D eigenvalue weighted by molar-refractivity contribution is -0.147. The van der Waals surface area contributed by atoms with E-state index in [-0.39, 0.29) is 17.6 Å². The molecule has 1 heterocycles. The summed E-state index contributed by atoms with van der Waals surface area (Å²) in [6.07, 6.45) is -4.68. The monoisotopic (exact) mass is 412 g/mol. The highest BCUT2D eigenvalue weighted by molar-refractivity contribution is 5.84. The Morgan fingerprint density at radius 3 is 2.47 bits per heavy atom. The highest BCUT2D eigenvalue weighted by Gasteiger charge is 2.38. The third kappa shape index (κ3) is 3.86. The maximum atomic E-state index is 13.4. The van der Waals surface area contributed by atoms with Gasteiger partial charge in [-0.15, -0.1) is 0 Å². The van der Waals surface area contributed by atoms with E-state index in [2.05, 4.69) is 10.3 Å². The number of para-hydroxylation sites is 2. The van der Waals surface area contributed by atoms with Gasteiger partial charge < -0.3 is 15.6 Å². The summed E-state index contributed by atoms with van der Waals surface area (Å²) in [6.45, 7) is -0.402. The number of amides is 1. The van der Waals surface area contributed by atoms with Crippen LogP contribution in [-0.2, 0) is 17.5 Å². The molecule has 1 atom stereocenters. The Kier molecular flexibility index (Phi) is 5.17. The second kappa shape index (κ2) is 7.79. The molecular weight excluding hydrogens is 393 g/mol. The average Bonchev–Trinajstić information content (AvgIpc) is 3.10. The zero-order valence-electron chi connectivity index (χ0n) is 15.9. The second-order valence-corrected chi connectivity index (χ2v) is 6.97. The van der Waals surface area contributed by atoms with E-state index >= 15 is 0 Å². The third-order valence-electron chi connectivity index (χ3n) is 4.96. The number of alkyl halides is 3. The van der Waals surface area contributed by atoms with Gasteiger partial charge in [0, 0.05) is 6.54 Å². The van der Waals surface area contributed by atoms with E-state index in [4.69, 9.17) is 5.73 Å². The Morgan fingerprint density at radius 1 is 1.03 bits per heavy atom. The van der Waals surface area contributed by atoms with Gasteiger partial charge in [-0.05, 0) is 34.5 Å². The first-order valence-corrected chi connectivity index (χ1v) is 9.37. The molecule has 3 aromatic carbocycles. The van der Waals surface area contributed by atoms with Gasteiger partial charge in [-0.3, -0.25) is 4.79 Å². The highest BCUT2D eigenvalue weighted by Crippen LogP contribution is 2.31. The number of nitrogens with one attached hydrogen (secondary N) is 1. The maximum absolute atomic E-state index is 13.4. The minimum Gasteiger partial charge on any atom is -0.346 e.